The molecule has 12 heteroatoms. The Balaban J connectivity index is 0.000000537. The molecule has 1 aromatic carbocycles. The van der Waals surface area contributed by atoms with Crippen molar-refractivity contribution in [2.24, 2.45) is 5.73 Å². The van der Waals surface area contributed by atoms with E-state index in [9.17, 15) is 16.8 Å². The number of benzene rings is 1. The molecule has 29 heavy (non-hydrogen) atoms. The zero-order valence-electron chi connectivity index (χ0n) is 16.3. The van der Waals surface area contributed by atoms with Gasteiger partial charge in [-0.2, -0.15) is 13.5 Å². The summed E-state index contributed by atoms with van der Waals surface area (Å²) in [6, 6.07) is 8.35. The van der Waals surface area contributed by atoms with Crippen molar-refractivity contribution in [3.63, 3.8) is 0 Å². The average molecular weight is 459 g/mol. The molecule has 0 fully saturated rings. The number of fused-ring (bicyclic) bond motifs is 1. The molecule has 2 heterocycles. The van der Waals surface area contributed by atoms with Gasteiger partial charge in [-0.25, -0.2) is 17.9 Å². The highest BCUT2D eigenvalue weighted by Crippen LogP contribution is 2.33. The molecule has 9 nitrogen and oxygen atoms in total. The van der Waals surface area contributed by atoms with E-state index in [1.165, 1.54) is 11.8 Å². The van der Waals surface area contributed by atoms with E-state index in [0.717, 1.165) is 17.0 Å². The van der Waals surface area contributed by atoms with E-state index in [1.807, 2.05) is 13.8 Å². The van der Waals surface area contributed by atoms with Crippen molar-refractivity contribution in [2.45, 2.75) is 35.2 Å². The minimum Gasteiger partial charge on any atom is -0.326 e. The van der Waals surface area contributed by atoms with E-state index in [4.69, 9.17) is 10.3 Å². The second-order valence-corrected chi connectivity index (χ2v) is 10.2. The van der Waals surface area contributed by atoms with Crippen LogP contribution < -0.4 is 5.73 Å². The number of aryl methyl sites for hydroxylation is 2. The predicted octanol–water partition coefficient (Wildman–Crippen LogP) is 1.86. The largest absolute Gasteiger partial charge is 0.326 e. The van der Waals surface area contributed by atoms with Crippen molar-refractivity contribution in [3.05, 3.63) is 47.3 Å². The molecule has 0 aliphatic rings. The van der Waals surface area contributed by atoms with Gasteiger partial charge in [-0.3, -0.25) is 4.55 Å². The van der Waals surface area contributed by atoms with Crippen LogP contribution in [0.3, 0.4) is 0 Å². The lowest BCUT2D eigenvalue weighted by atomic mass is 10.2. The molecule has 2 aromatic heterocycles. The number of nitrogens with two attached hydrogens (primary N) is 1. The highest BCUT2D eigenvalue weighted by Gasteiger charge is 2.29. The Labute approximate surface area is 174 Å². The van der Waals surface area contributed by atoms with Crippen molar-refractivity contribution in [1.82, 2.24) is 14.6 Å². The second-order valence-electron chi connectivity index (χ2n) is 6.09. The first-order valence-electron chi connectivity index (χ1n) is 8.27. The first-order chi connectivity index (χ1) is 13.4. The van der Waals surface area contributed by atoms with E-state index >= 15 is 0 Å². The van der Waals surface area contributed by atoms with Gasteiger partial charge in [0, 0.05) is 23.5 Å². The molecule has 0 bridgehead atoms. The van der Waals surface area contributed by atoms with E-state index in [0.29, 0.717) is 23.5 Å². The average Bonchev–Trinajstić information content (AvgIpc) is 3.01. The number of nitrogens with zero attached hydrogens (tertiary/aromatic N) is 3. The van der Waals surface area contributed by atoms with Gasteiger partial charge in [-0.05, 0) is 32.2 Å². The predicted molar refractivity (Wildman–Crippen MR) is 111 cm³/mol. The minimum absolute atomic E-state index is 0.149. The lowest BCUT2D eigenvalue weighted by Crippen LogP contribution is -2.10. The summed E-state index contributed by atoms with van der Waals surface area (Å²) in [5.41, 5.74) is 8.54. The lowest BCUT2D eigenvalue weighted by Gasteiger charge is -2.09. The van der Waals surface area contributed by atoms with Gasteiger partial charge in [-0.1, -0.05) is 18.2 Å². The normalized spacial score (nSPS) is 11.9. The third-order valence-electron chi connectivity index (χ3n) is 3.97. The summed E-state index contributed by atoms with van der Waals surface area (Å²) in [6.07, 6.45) is 2.52. The Hall–Kier alpha value is -1.99. The van der Waals surface area contributed by atoms with Crippen LogP contribution in [-0.4, -0.2) is 48.5 Å². The van der Waals surface area contributed by atoms with E-state index in [-0.39, 0.29) is 9.79 Å². The smallest absolute Gasteiger partial charge is 0.261 e. The summed E-state index contributed by atoms with van der Waals surface area (Å²) in [6.45, 7) is 4.04. The van der Waals surface area contributed by atoms with Gasteiger partial charge in [0.05, 0.1) is 11.2 Å². The first kappa shape index (κ1) is 23.3. The summed E-state index contributed by atoms with van der Waals surface area (Å²) < 4.78 is 53.7. The Morgan fingerprint density at radius 2 is 1.69 bits per heavy atom. The zero-order chi connectivity index (χ0) is 22.0. The number of hydrogen-bond donors (Lipinski definition) is 2. The molecule has 158 valence electrons. The van der Waals surface area contributed by atoms with Crippen LogP contribution in [-0.2, 0) is 26.5 Å². The fourth-order valence-corrected chi connectivity index (χ4v) is 5.12. The van der Waals surface area contributed by atoms with Crippen LogP contribution >= 0.6 is 11.8 Å². The Morgan fingerprint density at radius 3 is 2.17 bits per heavy atom. The van der Waals surface area contributed by atoms with Crippen molar-refractivity contribution in [1.29, 1.82) is 0 Å². The third-order valence-corrected chi connectivity index (χ3v) is 6.58. The zero-order valence-corrected chi connectivity index (χ0v) is 18.8. The molecule has 0 saturated carbocycles. The summed E-state index contributed by atoms with van der Waals surface area (Å²) >= 11 is 1.29. The molecular formula is C17H22N4O5S3. The Kier molecular flexibility index (Phi) is 7.06. The molecule has 0 radical (unpaired) electrons. The van der Waals surface area contributed by atoms with Crippen LogP contribution in [0.5, 0.6) is 0 Å². The summed E-state index contributed by atoms with van der Waals surface area (Å²) in [7, 11) is -7.38. The maximum absolute atomic E-state index is 13.1. The molecule has 0 spiro atoms. The van der Waals surface area contributed by atoms with Crippen molar-refractivity contribution < 1.29 is 21.4 Å². The Bertz CT molecular complexity index is 1230. The van der Waals surface area contributed by atoms with Gasteiger partial charge in [0.2, 0.25) is 9.84 Å². The number of hydrogen-bond acceptors (Lipinski definition) is 8. The molecule has 0 atom stereocenters. The lowest BCUT2D eigenvalue weighted by molar-refractivity contribution is 0.490. The molecule has 0 unspecified atom stereocenters. The fourth-order valence-electron chi connectivity index (χ4n) is 2.70. The van der Waals surface area contributed by atoms with Crippen molar-refractivity contribution in [3.8, 4) is 0 Å². The number of aromatic nitrogens is 3. The fraction of sp³-hybridized carbons (Fsp3) is 0.294. The van der Waals surface area contributed by atoms with E-state index < -0.39 is 20.0 Å². The topological polar surface area (TPSA) is 145 Å². The summed E-state index contributed by atoms with van der Waals surface area (Å²) in [5.74, 6) is 0. The number of rotatable bonds is 4. The molecular weight excluding hydrogens is 436 g/mol. The first-order valence-corrected chi connectivity index (χ1v) is 12.8. The maximum Gasteiger partial charge on any atom is 0.261 e. The van der Waals surface area contributed by atoms with Gasteiger partial charge >= 0.3 is 0 Å². The third kappa shape index (κ3) is 5.14. The van der Waals surface area contributed by atoms with Crippen LogP contribution in [0, 0.1) is 13.8 Å². The van der Waals surface area contributed by atoms with E-state index in [1.54, 1.807) is 41.1 Å². The maximum atomic E-state index is 13.1. The van der Waals surface area contributed by atoms with Crippen molar-refractivity contribution in [2.75, 3.05) is 12.5 Å². The highest BCUT2D eigenvalue weighted by molar-refractivity contribution is 7.99. The molecule has 0 aliphatic heterocycles. The van der Waals surface area contributed by atoms with Gasteiger partial charge in [0.1, 0.15) is 5.03 Å². The molecule has 0 saturated heterocycles. The van der Waals surface area contributed by atoms with Gasteiger partial charge in [-0.15, -0.1) is 11.8 Å². The minimum atomic E-state index is -3.72. The molecule has 3 aromatic rings. The van der Waals surface area contributed by atoms with Crippen LogP contribution in [0.15, 0.2) is 45.1 Å². The summed E-state index contributed by atoms with van der Waals surface area (Å²) in [5, 5.41) is 4.89. The van der Waals surface area contributed by atoms with Crippen LogP contribution in [0.2, 0.25) is 0 Å². The Morgan fingerprint density at radius 1 is 1.14 bits per heavy atom. The standard InChI is InChI=1S/C16H18N4O2S2.CH4O3S/c1-10-13(9-17)11(2)20-15(18-10)14(16(19-20)23-3)24(21,22)12-7-5-4-6-8-12;1-5(2,3)4/h4-8H,9,17H2,1-3H3;1H3,(H,2,3,4). The van der Waals surface area contributed by atoms with Gasteiger partial charge in [0.15, 0.2) is 10.5 Å². The molecule has 0 amide bonds. The van der Waals surface area contributed by atoms with Crippen LogP contribution in [0.1, 0.15) is 17.0 Å². The quantitative estimate of drug-likeness (QED) is 0.442. The summed E-state index contributed by atoms with van der Waals surface area (Å²) in [4.78, 5) is 4.88. The molecule has 3 rings (SSSR count). The monoisotopic (exact) mass is 458 g/mol. The molecule has 0 aliphatic carbocycles. The highest BCUT2D eigenvalue weighted by atomic mass is 32.2. The second kappa shape index (κ2) is 8.79. The van der Waals surface area contributed by atoms with Crippen LogP contribution in [0.25, 0.3) is 5.65 Å². The van der Waals surface area contributed by atoms with Crippen molar-refractivity contribution >= 4 is 37.4 Å². The van der Waals surface area contributed by atoms with Crippen LogP contribution in [0.4, 0.5) is 0 Å². The molecule has 3 N–H and O–H groups in total. The van der Waals surface area contributed by atoms with E-state index in [2.05, 4.69) is 10.1 Å². The van der Waals surface area contributed by atoms with Gasteiger partial charge < -0.3 is 5.73 Å². The van der Waals surface area contributed by atoms with Gasteiger partial charge in [0.25, 0.3) is 10.1 Å². The number of thioether (sulfide) groups is 1. The SMILES string of the molecule is CS(=O)(=O)O.CSc1nn2c(C)c(CN)c(C)nc2c1S(=O)(=O)c1ccccc1. The number of sulfone groups is 1.